The van der Waals surface area contributed by atoms with Crippen LogP contribution in [0, 0.1) is 0 Å². The van der Waals surface area contributed by atoms with Crippen molar-refractivity contribution in [3.05, 3.63) is 29.8 Å². The first-order chi connectivity index (χ1) is 13.8. The molecule has 0 aliphatic carbocycles. The van der Waals surface area contributed by atoms with Crippen LogP contribution in [0.15, 0.2) is 29.2 Å². The fourth-order valence-corrected chi connectivity index (χ4v) is 4.72. The molecule has 1 atom stereocenters. The van der Waals surface area contributed by atoms with E-state index >= 15 is 0 Å². The zero-order chi connectivity index (χ0) is 21.0. The number of rotatable bonds is 6. The van der Waals surface area contributed by atoms with Crippen LogP contribution in [-0.2, 0) is 21.2 Å². The third-order valence-electron chi connectivity index (χ3n) is 5.84. The van der Waals surface area contributed by atoms with Crippen LogP contribution in [0.4, 0.5) is 8.78 Å². The van der Waals surface area contributed by atoms with E-state index in [4.69, 9.17) is 0 Å². The van der Waals surface area contributed by atoms with Crippen molar-refractivity contribution in [2.45, 2.75) is 49.4 Å². The lowest BCUT2D eigenvalue weighted by molar-refractivity contribution is -0.136. The highest BCUT2D eigenvalue weighted by atomic mass is 32.2. The molecule has 0 spiro atoms. The Morgan fingerprint density at radius 3 is 2.24 bits per heavy atom. The summed E-state index contributed by atoms with van der Waals surface area (Å²) >= 11 is 0. The molecule has 3 rings (SSSR count). The Morgan fingerprint density at radius 1 is 1.03 bits per heavy atom. The van der Waals surface area contributed by atoms with Gasteiger partial charge in [0.25, 0.3) is 0 Å². The topological polar surface area (TPSA) is 60.9 Å². The highest BCUT2D eigenvalue weighted by Crippen LogP contribution is 2.20. The number of halogens is 2. The van der Waals surface area contributed by atoms with E-state index in [1.807, 2.05) is 4.90 Å². The van der Waals surface area contributed by atoms with Crippen LogP contribution in [0.3, 0.4) is 0 Å². The summed E-state index contributed by atoms with van der Waals surface area (Å²) < 4.78 is 48.2. The lowest BCUT2D eigenvalue weighted by atomic mass is 10.0. The minimum absolute atomic E-state index is 0.210. The number of alkyl halides is 2. The fraction of sp³-hybridized carbons (Fsp3) is 0.650. The van der Waals surface area contributed by atoms with E-state index in [1.54, 1.807) is 12.1 Å². The van der Waals surface area contributed by atoms with E-state index in [0.29, 0.717) is 19.1 Å². The van der Waals surface area contributed by atoms with E-state index in [1.165, 1.54) is 18.6 Å². The number of carbonyl (C=O) groups is 1. The van der Waals surface area contributed by atoms with Gasteiger partial charge in [-0.3, -0.25) is 14.6 Å². The summed E-state index contributed by atoms with van der Waals surface area (Å²) in [7, 11) is -4.55. The van der Waals surface area contributed by atoms with E-state index in [9.17, 15) is 22.0 Å². The van der Waals surface area contributed by atoms with Gasteiger partial charge in [-0.1, -0.05) is 12.1 Å². The maximum atomic E-state index is 12.6. The van der Waals surface area contributed by atoms with Gasteiger partial charge in [0.05, 0.1) is 11.4 Å². The van der Waals surface area contributed by atoms with Crippen molar-refractivity contribution in [3.8, 4) is 0 Å². The van der Waals surface area contributed by atoms with Crippen molar-refractivity contribution in [1.29, 1.82) is 0 Å². The predicted molar refractivity (Wildman–Crippen MR) is 106 cm³/mol. The number of hydrogen-bond acceptors (Lipinski definition) is 5. The molecule has 0 bridgehead atoms. The van der Waals surface area contributed by atoms with Crippen molar-refractivity contribution in [1.82, 2.24) is 14.7 Å². The minimum Gasteiger partial charge on any atom is -0.339 e. The third-order valence-corrected chi connectivity index (χ3v) is 7.24. The van der Waals surface area contributed by atoms with Gasteiger partial charge in [-0.05, 0) is 43.9 Å². The van der Waals surface area contributed by atoms with Gasteiger partial charge in [0.15, 0.2) is 0 Å². The number of sulfone groups is 1. The molecule has 0 N–H and O–H groups in total. The van der Waals surface area contributed by atoms with E-state index in [-0.39, 0.29) is 10.8 Å². The highest BCUT2D eigenvalue weighted by molar-refractivity contribution is 7.91. The van der Waals surface area contributed by atoms with Crippen LogP contribution in [-0.4, -0.2) is 80.1 Å². The van der Waals surface area contributed by atoms with Crippen LogP contribution < -0.4 is 0 Å². The molecule has 0 aromatic heterocycles. The first-order valence-corrected chi connectivity index (χ1v) is 11.7. The highest BCUT2D eigenvalue weighted by Gasteiger charge is 2.27. The molecule has 29 heavy (non-hydrogen) atoms. The largest absolute Gasteiger partial charge is 0.341 e. The number of benzene rings is 1. The summed E-state index contributed by atoms with van der Waals surface area (Å²) in [4.78, 5) is 18.6. The summed E-state index contributed by atoms with van der Waals surface area (Å²) in [6.45, 7) is 7.26. The van der Waals surface area contributed by atoms with Gasteiger partial charge in [0.2, 0.25) is 15.7 Å². The smallest absolute Gasteiger partial charge is 0.339 e. The molecular weight excluding hydrogens is 400 g/mol. The molecule has 2 aliphatic heterocycles. The summed E-state index contributed by atoms with van der Waals surface area (Å²) in [5.74, 6) is -3.20. The van der Waals surface area contributed by atoms with E-state index in [0.717, 1.165) is 51.1 Å². The molecule has 6 nitrogen and oxygen atoms in total. The second-order valence-corrected chi connectivity index (χ2v) is 9.85. The van der Waals surface area contributed by atoms with Gasteiger partial charge in [-0.15, -0.1) is 0 Å². The lowest BCUT2D eigenvalue weighted by Crippen LogP contribution is -2.51. The predicted octanol–water partition coefficient (Wildman–Crippen LogP) is 2.20. The molecule has 1 aromatic carbocycles. The summed E-state index contributed by atoms with van der Waals surface area (Å²) in [6, 6.07) is 5.98. The monoisotopic (exact) mass is 429 g/mol. The van der Waals surface area contributed by atoms with Gasteiger partial charge in [-0.25, -0.2) is 8.42 Å². The Bertz CT molecular complexity index is 794. The Balaban J connectivity index is 1.47. The average molecular weight is 430 g/mol. The normalized spacial score (nSPS) is 22.2. The van der Waals surface area contributed by atoms with Crippen molar-refractivity contribution in [2.75, 3.05) is 39.3 Å². The average Bonchev–Trinajstić information content (AvgIpc) is 2.70. The molecule has 1 aromatic rings. The van der Waals surface area contributed by atoms with Gasteiger partial charge < -0.3 is 4.90 Å². The molecule has 1 unspecified atom stereocenters. The first-order valence-electron chi connectivity index (χ1n) is 10.1. The second kappa shape index (κ2) is 9.49. The van der Waals surface area contributed by atoms with Gasteiger partial charge in [0, 0.05) is 45.3 Å². The van der Waals surface area contributed by atoms with Gasteiger partial charge in [-0.2, -0.15) is 8.78 Å². The quantitative estimate of drug-likeness (QED) is 0.694. The van der Waals surface area contributed by atoms with Gasteiger partial charge in [0.1, 0.15) is 0 Å². The molecule has 9 heteroatoms. The van der Waals surface area contributed by atoms with Crippen molar-refractivity contribution in [2.24, 2.45) is 0 Å². The minimum atomic E-state index is -4.55. The Hall–Kier alpha value is -1.58. The number of piperazine rings is 1. The number of nitrogens with zero attached hydrogens (tertiary/aromatic N) is 3. The van der Waals surface area contributed by atoms with E-state index < -0.39 is 15.6 Å². The van der Waals surface area contributed by atoms with Crippen LogP contribution in [0.1, 0.15) is 31.7 Å². The number of amides is 1. The fourth-order valence-electron chi connectivity index (χ4n) is 4.00. The summed E-state index contributed by atoms with van der Waals surface area (Å²) in [5.41, 5.74) is 0.880. The number of likely N-dealkylation sites (tertiary alicyclic amines) is 1. The Morgan fingerprint density at radius 2 is 1.66 bits per heavy atom. The standard InChI is InChI=1S/C20H29F2N3O3S/c1-16-4-2-3-9-25(16)19(26)15-24-12-10-23(11-13-24)14-17-5-7-18(8-6-17)29(27,28)20(21)22/h5-8,16,20H,2-4,9-15H2,1H3. The molecule has 2 fully saturated rings. The van der Waals surface area contributed by atoms with Crippen LogP contribution in [0.5, 0.6) is 0 Å². The summed E-state index contributed by atoms with van der Waals surface area (Å²) in [6.07, 6.45) is 3.36. The molecule has 2 heterocycles. The van der Waals surface area contributed by atoms with E-state index in [2.05, 4.69) is 16.7 Å². The molecule has 1 amide bonds. The maximum Gasteiger partial charge on any atom is 0.341 e. The zero-order valence-electron chi connectivity index (χ0n) is 16.8. The second-order valence-electron chi connectivity index (χ2n) is 7.93. The number of hydrogen-bond donors (Lipinski definition) is 0. The molecule has 162 valence electrons. The van der Waals surface area contributed by atoms with Gasteiger partial charge >= 0.3 is 5.76 Å². The zero-order valence-corrected chi connectivity index (χ0v) is 17.6. The first kappa shape index (κ1) is 22.1. The molecule has 0 saturated carbocycles. The van der Waals surface area contributed by atoms with Crippen molar-refractivity contribution < 1.29 is 22.0 Å². The molecule has 2 saturated heterocycles. The van der Waals surface area contributed by atoms with Crippen LogP contribution in [0.25, 0.3) is 0 Å². The Kier molecular flexibility index (Phi) is 7.23. The SMILES string of the molecule is CC1CCCCN1C(=O)CN1CCN(Cc2ccc(S(=O)(=O)C(F)F)cc2)CC1. The molecular formula is C20H29F2N3O3S. The van der Waals surface area contributed by atoms with Crippen LogP contribution >= 0.6 is 0 Å². The molecule has 2 aliphatic rings. The lowest BCUT2D eigenvalue weighted by Gasteiger charge is -2.38. The maximum absolute atomic E-state index is 12.6. The van der Waals surface area contributed by atoms with Crippen molar-refractivity contribution in [3.63, 3.8) is 0 Å². The number of carbonyl (C=O) groups excluding carboxylic acids is 1. The summed E-state index contributed by atoms with van der Waals surface area (Å²) in [5, 5.41) is 0. The number of piperidine rings is 1. The molecule has 0 radical (unpaired) electrons. The van der Waals surface area contributed by atoms with Crippen molar-refractivity contribution >= 4 is 15.7 Å². The third kappa shape index (κ3) is 5.52. The van der Waals surface area contributed by atoms with Crippen LogP contribution in [0.2, 0.25) is 0 Å². The Labute approximate surface area is 171 Å².